The number of aliphatic imine (C=N–C) groups is 2. The smallest absolute Gasteiger partial charge is 0.355 e. The van der Waals surface area contributed by atoms with Crippen molar-refractivity contribution in [1.29, 1.82) is 0 Å². The minimum atomic E-state index is -3.11. The Morgan fingerprint density at radius 2 is 1.74 bits per heavy atom. The first-order chi connectivity index (χ1) is 27.3. The number of phenolic OH excluding ortho intramolecular Hbond substituents is 2. The second-order valence-electron chi connectivity index (χ2n) is 15.3. The Labute approximate surface area is 326 Å². The number of benzene rings is 3. The van der Waals surface area contributed by atoms with E-state index in [1.165, 1.54) is 30.4 Å². The molecule has 5 aliphatic rings. The number of hydrogen-bond acceptors (Lipinski definition) is 13. The summed E-state index contributed by atoms with van der Waals surface area (Å²) in [7, 11) is 0. The van der Waals surface area contributed by atoms with Crippen molar-refractivity contribution < 1.29 is 59.9 Å². The van der Waals surface area contributed by atoms with E-state index in [2.05, 4.69) is 9.98 Å². The van der Waals surface area contributed by atoms with E-state index in [1.54, 1.807) is 18.3 Å². The molecule has 0 aromatic heterocycles. The maximum absolute atomic E-state index is 14.7. The van der Waals surface area contributed by atoms with Crippen LogP contribution in [0.15, 0.2) is 88.9 Å². The molecule has 3 aromatic carbocycles. The molecule has 8 N–H and O–H groups in total. The largest absolute Gasteiger partial charge is 0.508 e. The Kier molecular flexibility index (Phi) is 9.79. The fraction of sp³-hybridized carbons (Fsp3) is 0.381. The number of allylic oxidation sites excluding steroid dienone is 1. The van der Waals surface area contributed by atoms with E-state index < -0.39 is 83.2 Å². The number of anilines is 1. The van der Waals surface area contributed by atoms with E-state index in [4.69, 9.17) is 9.47 Å². The molecule has 1 amide bonds. The molecule has 298 valence electrons. The van der Waals surface area contributed by atoms with E-state index in [0.717, 1.165) is 42.2 Å². The Morgan fingerprint density at radius 3 is 2.42 bits per heavy atom. The fourth-order valence-corrected chi connectivity index (χ4v) is 9.45. The van der Waals surface area contributed by atoms with Crippen LogP contribution in [0.4, 0.5) is 5.69 Å². The van der Waals surface area contributed by atoms with Crippen LogP contribution in [0.5, 0.6) is 17.2 Å². The highest BCUT2D eigenvalue weighted by Gasteiger charge is 2.66. The van der Waals surface area contributed by atoms with Crippen LogP contribution < -0.4 is 9.64 Å². The molecule has 2 aliphatic carbocycles. The van der Waals surface area contributed by atoms with Gasteiger partial charge in [-0.1, -0.05) is 61.4 Å². The number of rotatable bonds is 10. The first kappa shape index (κ1) is 38.5. The van der Waals surface area contributed by atoms with Gasteiger partial charge in [-0.2, -0.15) is 0 Å². The van der Waals surface area contributed by atoms with Crippen LogP contribution in [0.3, 0.4) is 0 Å². The fourth-order valence-electron chi connectivity index (χ4n) is 9.45. The zero-order valence-corrected chi connectivity index (χ0v) is 30.6. The predicted octanol–water partition coefficient (Wildman–Crippen LogP) is 2.29. The number of phenols is 2. The van der Waals surface area contributed by atoms with Crippen LogP contribution >= 0.6 is 0 Å². The van der Waals surface area contributed by atoms with Gasteiger partial charge in [-0.05, 0) is 59.7 Å². The molecule has 0 unspecified atom stereocenters. The van der Waals surface area contributed by atoms with Gasteiger partial charge >= 0.3 is 11.9 Å². The summed E-state index contributed by atoms with van der Waals surface area (Å²) in [5.41, 5.74) is 0.600. The second kappa shape index (κ2) is 14.5. The first-order valence-electron chi connectivity index (χ1n) is 18.8. The highest BCUT2D eigenvalue weighted by Crippen LogP contribution is 2.64. The van der Waals surface area contributed by atoms with Gasteiger partial charge in [-0.15, -0.1) is 0 Å². The number of carbonyl (C=O) groups is 2. The number of hydrogen-bond donors (Lipinski definition) is 8. The Balaban J connectivity index is 1.24. The molecule has 3 heterocycles. The van der Waals surface area contributed by atoms with Gasteiger partial charge in [-0.25, -0.2) is 4.79 Å². The summed E-state index contributed by atoms with van der Waals surface area (Å²) in [4.78, 5) is 38.0. The molecule has 57 heavy (non-hydrogen) atoms. The van der Waals surface area contributed by atoms with Crippen molar-refractivity contribution in [2.45, 2.75) is 79.4 Å². The van der Waals surface area contributed by atoms with Gasteiger partial charge in [0.25, 0.3) is 5.91 Å². The lowest BCUT2D eigenvalue weighted by Crippen LogP contribution is -2.67. The van der Waals surface area contributed by atoms with E-state index in [0.29, 0.717) is 35.5 Å². The summed E-state index contributed by atoms with van der Waals surface area (Å²) in [6.07, 6.45) is 3.58. The maximum Gasteiger partial charge on any atom is 0.355 e. The number of aliphatic carboxylic acids is 1. The van der Waals surface area contributed by atoms with Gasteiger partial charge in [0, 0.05) is 41.7 Å². The Hall–Kier alpha value is -5.42. The summed E-state index contributed by atoms with van der Waals surface area (Å²) < 4.78 is 10.9. The average Bonchev–Trinajstić information content (AvgIpc) is 4.02. The van der Waals surface area contributed by atoms with Gasteiger partial charge in [0.15, 0.2) is 23.1 Å². The molecular weight excluding hydrogens is 738 g/mol. The number of ether oxygens (including phenoxy) is 2. The molecule has 8 rings (SSSR count). The van der Waals surface area contributed by atoms with Crippen molar-refractivity contribution >= 4 is 35.6 Å². The van der Waals surface area contributed by atoms with Crippen LogP contribution in [0.2, 0.25) is 0 Å². The first-order valence-corrected chi connectivity index (χ1v) is 18.8. The number of aliphatic hydroxyl groups excluding tert-OH is 4. The maximum atomic E-state index is 14.7. The van der Waals surface area contributed by atoms with Crippen LogP contribution in [0.25, 0.3) is 6.08 Å². The monoisotopic (exact) mass is 781 g/mol. The van der Waals surface area contributed by atoms with Gasteiger partial charge < -0.3 is 50.3 Å². The number of fused-ring (bicyclic) bond motifs is 3. The molecule has 2 fully saturated rings. The molecule has 1 saturated carbocycles. The summed E-state index contributed by atoms with van der Waals surface area (Å²) in [5, 5.41) is 85.8. The SMILES string of the molecule is O=C(C=Cc1ccc(O)c(CC2=NCN=C2)c1)N1c2cc(O[C@@]3(O)O[C@H](CO)[C@@H](O)[C@H](O)[C@H]3O)c(O)cc2[C@H]2[C@@H](C3(c4ccccc4)CCCC3)C=C[C@@]21C(=O)O. The van der Waals surface area contributed by atoms with Crippen molar-refractivity contribution in [3.63, 3.8) is 0 Å². The third-order valence-corrected chi connectivity index (χ3v) is 12.2. The summed E-state index contributed by atoms with van der Waals surface area (Å²) in [5.74, 6) is -7.70. The Bertz CT molecular complexity index is 2200. The number of nitrogens with zero attached hydrogens (tertiary/aromatic N) is 3. The van der Waals surface area contributed by atoms with Crippen LogP contribution in [0, 0.1) is 5.92 Å². The predicted molar refractivity (Wildman–Crippen MR) is 205 cm³/mol. The van der Waals surface area contributed by atoms with Crippen LogP contribution in [-0.2, 0) is 26.2 Å². The molecule has 15 nitrogen and oxygen atoms in total. The minimum absolute atomic E-state index is 0.0254. The zero-order chi connectivity index (χ0) is 40.3. The number of aromatic hydroxyl groups is 2. The van der Waals surface area contributed by atoms with Crippen molar-refractivity contribution in [1.82, 2.24) is 0 Å². The third-order valence-electron chi connectivity index (χ3n) is 12.2. The number of carboxylic acid groups (broad SMARTS) is 1. The highest BCUT2D eigenvalue weighted by molar-refractivity contribution is 6.32. The molecule has 0 bridgehead atoms. The van der Waals surface area contributed by atoms with Crippen molar-refractivity contribution in [3.8, 4) is 17.2 Å². The van der Waals surface area contributed by atoms with E-state index in [-0.39, 0.29) is 11.4 Å². The standard InChI is InChI=1S/C42H43N3O12/c46-21-33-36(50)37(51)38(52)42(55,57-33)56-32-19-29-27(18-31(32)48)35-28(40(13-4-5-14-40)25-6-2-1-3-7-25)12-15-41(35,39(53)54)45(29)34(49)11-9-23-8-10-30(47)24(16-23)17-26-20-43-22-44-26/h1-3,6-12,15-16,18-20,28,33,35-38,46-48,50-52,55H,4-5,13-14,17,21-22H2,(H,53,54)/t28-,33+,35-,36+,37-,38+,41-,42+/m0/s1. The van der Waals surface area contributed by atoms with E-state index in [9.17, 15) is 50.4 Å². The topological polar surface area (TPSA) is 242 Å². The molecule has 0 radical (unpaired) electrons. The summed E-state index contributed by atoms with van der Waals surface area (Å²) >= 11 is 0. The molecule has 3 aromatic rings. The second-order valence-corrected chi connectivity index (χ2v) is 15.3. The van der Waals surface area contributed by atoms with Gasteiger partial charge in [0.05, 0.1) is 18.0 Å². The minimum Gasteiger partial charge on any atom is -0.508 e. The van der Waals surface area contributed by atoms with Crippen molar-refractivity contribution in [3.05, 3.63) is 101 Å². The molecule has 0 spiro atoms. The molecule has 3 aliphatic heterocycles. The molecule has 1 saturated heterocycles. The average molecular weight is 782 g/mol. The lowest BCUT2D eigenvalue weighted by molar-refractivity contribution is -0.422. The molecule has 8 atom stereocenters. The number of amides is 1. The van der Waals surface area contributed by atoms with Crippen LogP contribution in [-0.4, -0.2) is 114 Å². The van der Waals surface area contributed by atoms with E-state index in [1.807, 2.05) is 36.4 Å². The van der Waals surface area contributed by atoms with Crippen molar-refractivity contribution in [2.24, 2.45) is 15.9 Å². The number of aliphatic hydroxyl groups is 5. The lowest BCUT2D eigenvalue weighted by Gasteiger charge is -2.44. The Morgan fingerprint density at radius 1 is 0.982 bits per heavy atom. The normalized spacial score (nSPS) is 31.1. The number of carbonyl (C=O) groups excluding carboxylic acids is 1. The van der Waals surface area contributed by atoms with Crippen molar-refractivity contribution in [2.75, 3.05) is 18.2 Å². The molecular formula is C42H43N3O12. The summed E-state index contributed by atoms with van der Waals surface area (Å²) in [6, 6.07) is 17.0. The van der Waals surface area contributed by atoms with Gasteiger partial charge in [0.1, 0.15) is 30.7 Å². The summed E-state index contributed by atoms with van der Waals surface area (Å²) in [6.45, 7) is -0.575. The van der Waals surface area contributed by atoms with Crippen LogP contribution in [0.1, 0.15) is 53.9 Å². The van der Waals surface area contributed by atoms with E-state index >= 15 is 0 Å². The van der Waals surface area contributed by atoms with Gasteiger partial charge in [-0.3, -0.25) is 19.7 Å². The highest BCUT2D eigenvalue weighted by atomic mass is 16.8. The van der Waals surface area contributed by atoms with Gasteiger partial charge in [0.2, 0.25) is 0 Å². The quantitative estimate of drug-likeness (QED) is 0.0840. The lowest BCUT2D eigenvalue weighted by atomic mass is 9.62. The third kappa shape index (κ3) is 6.22. The molecule has 15 heteroatoms. The zero-order valence-electron chi connectivity index (χ0n) is 30.6. The number of carboxylic acids is 1.